The first-order valence-corrected chi connectivity index (χ1v) is 15.8. The van der Waals surface area contributed by atoms with Gasteiger partial charge in [-0.05, 0) is 26.3 Å². The van der Waals surface area contributed by atoms with E-state index in [1.807, 2.05) is 0 Å². The van der Waals surface area contributed by atoms with Gasteiger partial charge in [0.25, 0.3) is 0 Å². The molecule has 0 saturated carbocycles. The van der Waals surface area contributed by atoms with Gasteiger partial charge in [0.15, 0.2) is 24.5 Å². The molecule has 6 atom stereocenters. The maximum Gasteiger partial charge on any atom is 0.408 e. The van der Waals surface area contributed by atoms with Gasteiger partial charge in [-0.25, -0.2) is 14.4 Å². The lowest BCUT2D eigenvalue weighted by molar-refractivity contribution is -0.278. The molecule has 2 N–H and O–H groups in total. The largest absolute Gasteiger partial charge is 0.463 e. The number of ether oxygens (including phenoxy) is 8. The third kappa shape index (κ3) is 16.1. The number of carbonyl (C=O) groups excluding carboxylic acids is 6. The second kappa shape index (κ2) is 19.0. The van der Waals surface area contributed by atoms with Crippen LogP contribution < -0.4 is 10.6 Å². The summed E-state index contributed by atoms with van der Waals surface area (Å²) in [5.41, 5.74) is -0.318. The first-order chi connectivity index (χ1) is 22.7. The number of amides is 2. The Balaban J connectivity index is 2.44. The van der Waals surface area contributed by atoms with Crippen LogP contribution in [0.5, 0.6) is 0 Å². The zero-order valence-electron chi connectivity index (χ0n) is 27.5. The summed E-state index contributed by atoms with van der Waals surface area (Å²) in [7, 11) is 0. The molecule has 0 bridgehead atoms. The van der Waals surface area contributed by atoms with Gasteiger partial charge in [0.2, 0.25) is 3.79 Å². The third-order valence-electron chi connectivity index (χ3n) is 5.98. The summed E-state index contributed by atoms with van der Waals surface area (Å²) < 4.78 is 41.3. The van der Waals surface area contributed by atoms with Crippen LogP contribution in [0.4, 0.5) is 9.59 Å². The second-order valence-corrected chi connectivity index (χ2v) is 14.0. The summed E-state index contributed by atoms with van der Waals surface area (Å²) in [6.45, 7) is 5.97. The number of hydrogen-bond donors (Lipinski definition) is 2. The molecule has 2 amide bonds. The number of rotatable bonds is 13. The average molecular weight is 758 g/mol. The van der Waals surface area contributed by atoms with Gasteiger partial charge in [0.05, 0.1) is 6.61 Å². The van der Waals surface area contributed by atoms with E-state index >= 15 is 0 Å². The molecule has 49 heavy (non-hydrogen) atoms. The van der Waals surface area contributed by atoms with E-state index < -0.39 is 102 Å². The van der Waals surface area contributed by atoms with Crippen molar-refractivity contribution < 1.29 is 66.7 Å². The zero-order valence-corrected chi connectivity index (χ0v) is 29.8. The van der Waals surface area contributed by atoms with Gasteiger partial charge in [-0.15, -0.1) is 0 Å². The van der Waals surface area contributed by atoms with E-state index in [9.17, 15) is 28.8 Å². The Hall–Kier alpha value is -3.57. The monoisotopic (exact) mass is 756 g/mol. The highest BCUT2D eigenvalue weighted by atomic mass is 35.6. The van der Waals surface area contributed by atoms with Crippen LogP contribution in [-0.2, 0) is 63.7 Å². The molecule has 0 aliphatic carbocycles. The van der Waals surface area contributed by atoms with Crippen molar-refractivity contribution >= 4 is 70.9 Å². The molecule has 274 valence electrons. The molecule has 1 aromatic rings. The Morgan fingerprint density at radius 3 is 2.00 bits per heavy atom. The van der Waals surface area contributed by atoms with Crippen molar-refractivity contribution in [1.29, 1.82) is 0 Å². The number of alkyl carbamates (subject to hydrolysis) is 2. The third-order valence-corrected chi connectivity index (χ3v) is 6.30. The molecule has 1 aromatic carbocycles. The Kier molecular flexibility index (Phi) is 16.1. The highest BCUT2D eigenvalue weighted by Gasteiger charge is 2.52. The van der Waals surface area contributed by atoms with Crippen molar-refractivity contribution in [2.24, 2.45) is 0 Å². The Morgan fingerprint density at radius 1 is 0.837 bits per heavy atom. The fourth-order valence-corrected chi connectivity index (χ4v) is 4.33. The van der Waals surface area contributed by atoms with E-state index in [0.29, 0.717) is 5.56 Å². The Labute approximate surface area is 297 Å². The molecule has 0 radical (unpaired) electrons. The minimum absolute atomic E-state index is 0.123. The predicted molar refractivity (Wildman–Crippen MR) is 170 cm³/mol. The van der Waals surface area contributed by atoms with Crippen LogP contribution in [0.1, 0.15) is 47.1 Å². The lowest BCUT2D eigenvalue weighted by atomic mass is 9.96. The summed E-state index contributed by atoms with van der Waals surface area (Å²) in [4.78, 5) is 74.7. The molecule has 1 heterocycles. The van der Waals surface area contributed by atoms with Gasteiger partial charge < -0.3 is 48.5 Å². The lowest BCUT2D eigenvalue weighted by Gasteiger charge is -2.45. The average Bonchev–Trinajstić information content (AvgIpc) is 2.97. The molecule has 19 heteroatoms. The zero-order chi connectivity index (χ0) is 36.9. The summed E-state index contributed by atoms with van der Waals surface area (Å²) >= 11 is 17.1. The Morgan fingerprint density at radius 2 is 1.45 bits per heavy atom. The van der Waals surface area contributed by atoms with E-state index in [1.54, 1.807) is 51.1 Å². The summed E-state index contributed by atoms with van der Waals surface area (Å²) in [6.07, 6.45) is -8.27. The molecule has 1 saturated heterocycles. The molecular weight excluding hydrogens is 719 g/mol. The molecule has 1 aliphatic rings. The molecule has 0 unspecified atom stereocenters. The predicted octanol–water partition coefficient (Wildman–Crippen LogP) is 3.26. The van der Waals surface area contributed by atoms with E-state index in [4.69, 9.17) is 72.7 Å². The van der Waals surface area contributed by atoms with Crippen LogP contribution in [0.25, 0.3) is 0 Å². The van der Waals surface area contributed by atoms with Crippen molar-refractivity contribution in [3.8, 4) is 0 Å². The summed E-state index contributed by atoms with van der Waals surface area (Å²) in [6, 6.07) is 5.67. The van der Waals surface area contributed by atoms with Gasteiger partial charge in [-0.1, -0.05) is 65.1 Å². The number of esters is 4. The number of hydrogen-bond acceptors (Lipinski definition) is 14. The highest BCUT2D eigenvalue weighted by Crippen LogP contribution is 2.29. The molecule has 2 rings (SSSR count). The second-order valence-electron chi connectivity index (χ2n) is 11.5. The minimum Gasteiger partial charge on any atom is -0.463 e. The van der Waals surface area contributed by atoms with E-state index in [2.05, 4.69) is 10.6 Å². The van der Waals surface area contributed by atoms with Crippen LogP contribution >= 0.6 is 34.8 Å². The lowest BCUT2D eigenvalue weighted by Crippen LogP contribution is -2.67. The van der Waals surface area contributed by atoms with Crippen LogP contribution in [0.2, 0.25) is 0 Å². The van der Waals surface area contributed by atoms with Gasteiger partial charge >= 0.3 is 36.1 Å². The molecule has 0 aromatic heterocycles. The van der Waals surface area contributed by atoms with Gasteiger partial charge in [0, 0.05) is 20.8 Å². The van der Waals surface area contributed by atoms with Crippen molar-refractivity contribution in [3.63, 3.8) is 0 Å². The fourth-order valence-electron chi connectivity index (χ4n) is 4.16. The van der Waals surface area contributed by atoms with Crippen LogP contribution in [0.15, 0.2) is 30.3 Å². The molecule has 16 nitrogen and oxygen atoms in total. The van der Waals surface area contributed by atoms with Gasteiger partial charge in [-0.3, -0.25) is 14.4 Å². The van der Waals surface area contributed by atoms with E-state index in [-0.39, 0.29) is 6.61 Å². The topological polar surface area (TPSA) is 200 Å². The summed E-state index contributed by atoms with van der Waals surface area (Å²) in [5.74, 6) is -3.40. The highest BCUT2D eigenvalue weighted by molar-refractivity contribution is 6.67. The minimum atomic E-state index is -2.00. The maximum absolute atomic E-state index is 13.2. The van der Waals surface area contributed by atoms with E-state index in [1.165, 1.54) is 0 Å². The number of carbonyl (C=O) groups is 6. The fraction of sp³-hybridized carbons (Fsp3) is 0.600. The van der Waals surface area contributed by atoms with Crippen LogP contribution in [-0.4, -0.2) is 102 Å². The summed E-state index contributed by atoms with van der Waals surface area (Å²) in [5, 5.41) is 4.74. The smallest absolute Gasteiger partial charge is 0.408 e. The maximum atomic E-state index is 13.2. The van der Waals surface area contributed by atoms with E-state index in [0.717, 1.165) is 20.8 Å². The van der Waals surface area contributed by atoms with Crippen molar-refractivity contribution in [3.05, 3.63) is 35.9 Å². The van der Waals surface area contributed by atoms with Gasteiger partial charge in [0.1, 0.15) is 37.6 Å². The van der Waals surface area contributed by atoms with Crippen molar-refractivity contribution in [1.82, 2.24) is 10.6 Å². The molecule has 0 spiro atoms. The standard InChI is InChI=1S/C30H39Cl3N2O14/c1-16(36)42-14-21-23(46-17(2)37)24(47-18(3)38)22(35-28(41)45-15-30(31,32)33)26(48-21)43-13-20(25(39)49-29(4,5)6)34-27(40)44-12-19-10-8-7-9-11-19/h7-11,20-24,26H,12-15H2,1-6H3,(H,34,40)(H,35,41)/t20-,21+,22+,23+,24+,26+/m0/s1. The number of halogens is 3. The number of nitrogens with one attached hydrogen (secondary N) is 2. The first kappa shape index (κ1) is 41.6. The molecule has 1 aliphatic heterocycles. The van der Waals surface area contributed by atoms with Crippen molar-refractivity contribution in [2.45, 2.75) is 94.2 Å². The quantitative estimate of drug-likeness (QED) is 0.169. The first-order valence-electron chi connectivity index (χ1n) is 14.7. The van der Waals surface area contributed by atoms with Gasteiger partial charge in [-0.2, -0.15) is 0 Å². The van der Waals surface area contributed by atoms with Crippen molar-refractivity contribution in [2.75, 3.05) is 19.8 Å². The normalized spacial score (nSPS) is 21.3. The van der Waals surface area contributed by atoms with Crippen LogP contribution in [0, 0.1) is 0 Å². The molecule has 1 fully saturated rings. The Bertz CT molecular complexity index is 1300. The molecular formula is C30H39Cl3N2O14. The SMILES string of the molecule is CC(=O)OC[C@H]1O[C@@H](OC[C@H](NC(=O)OCc2ccccc2)C(=O)OC(C)(C)C)[C@H](NC(=O)OCC(Cl)(Cl)Cl)[C@@H](OC(C)=O)[C@@H]1OC(C)=O. The van der Waals surface area contributed by atoms with Crippen LogP contribution in [0.3, 0.4) is 0 Å². The number of benzene rings is 1. The number of alkyl halides is 3.